The fourth-order valence-electron chi connectivity index (χ4n) is 2.97. The average molecular weight is 487 g/mol. The van der Waals surface area contributed by atoms with Crippen LogP contribution in [0.4, 0.5) is 10.1 Å². The maximum Gasteiger partial charge on any atom is 0.261 e. The highest BCUT2D eigenvalue weighted by Gasteiger charge is 2.16. The molecule has 0 fully saturated rings. The van der Waals surface area contributed by atoms with Crippen LogP contribution in [-0.4, -0.2) is 33.7 Å². The molecule has 1 unspecified atom stereocenters. The number of benzene rings is 3. The summed E-state index contributed by atoms with van der Waals surface area (Å²) in [6.07, 6.45) is 0.384. The number of hydrogen-bond acceptors (Lipinski definition) is 5. The second-order valence-electron chi connectivity index (χ2n) is 7.76. The highest BCUT2D eigenvalue weighted by Crippen LogP contribution is 2.21. The Balaban J connectivity index is 1.46. The number of carbonyl (C=O) groups excluding carboxylic acids is 1. The van der Waals surface area contributed by atoms with Crippen LogP contribution in [0, 0.1) is 5.82 Å². The first kappa shape index (κ1) is 25.0. The van der Waals surface area contributed by atoms with Crippen molar-refractivity contribution in [2.75, 3.05) is 17.6 Å². The van der Waals surface area contributed by atoms with Crippen LogP contribution in [0.2, 0.25) is 0 Å². The van der Waals surface area contributed by atoms with Gasteiger partial charge in [-0.1, -0.05) is 24.3 Å². The molecule has 3 rings (SSSR count). The minimum absolute atomic E-state index is 0.283. The lowest BCUT2D eigenvalue weighted by atomic mass is 10.2. The summed E-state index contributed by atoms with van der Waals surface area (Å²) in [4.78, 5) is 12.4. The van der Waals surface area contributed by atoms with E-state index in [4.69, 9.17) is 9.47 Å². The van der Waals surface area contributed by atoms with Crippen LogP contribution in [0.25, 0.3) is 0 Å². The third-order valence-corrected chi connectivity index (χ3v) is 6.29. The Bertz CT molecular complexity index is 1200. The summed E-state index contributed by atoms with van der Waals surface area (Å²) in [7, 11) is -1.89. The van der Waals surface area contributed by atoms with Crippen LogP contribution in [0.3, 0.4) is 0 Å². The molecule has 0 aliphatic heterocycles. The maximum atomic E-state index is 13.0. The fraction of sp³-hybridized carbons (Fsp3) is 0.240. The highest BCUT2D eigenvalue weighted by molar-refractivity contribution is 7.92. The number of amides is 1. The zero-order chi connectivity index (χ0) is 24.7. The lowest BCUT2D eigenvalue weighted by Crippen LogP contribution is -2.35. The number of halogens is 1. The topological polar surface area (TPSA) is 84.9 Å². The van der Waals surface area contributed by atoms with E-state index < -0.39 is 16.1 Å². The summed E-state index contributed by atoms with van der Waals surface area (Å²) >= 11 is 0. The van der Waals surface area contributed by atoms with Gasteiger partial charge in [-0.15, -0.1) is 0 Å². The zero-order valence-corrected chi connectivity index (χ0v) is 20.0. The summed E-state index contributed by atoms with van der Waals surface area (Å²) in [6, 6.07) is 19.9. The molecule has 0 aliphatic carbocycles. The number of nitrogens with zero attached hydrogens (tertiary/aromatic N) is 1. The summed E-state index contributed by atoms with van der Waals surface area (Å²) < 4.78 is 48.7. The van der Waals surface area contributed by atoms with E-state index in [1.807, 2.05) is 12.1 Å². The van der Waals surface area contributed by atoms with Gasteiger partial charge < -0.3 is 14.8 Å². The molecule has 0 aromatic heterocycles. The zero-order valence-electron chi connectivity index (χ0n) is 19.2. The first-order chi connectivity index (χ1) is 16.1. The van der Waals surface area contributed by atoms with E-state index in [0.29, 0.717) is 30.3 Å². The Morgan fingerprint density at radius 1 is 0.941 bits per heavy atom. The molecule has 0 radical (unpaired) electrons. The van der Waals surface area contributed by atoms with Crippen molar-refractivity contribution in [1.82, 2.24) is 5.32 Å². The van der Waals surface area contributed by atoms with Crippen molar-refractivity contribution in [2.45, 2.75) is 26.2 Å². The molecule has 3 aromatic rings. The predicted octanol–water partition coefficient (Wildman–Crippen LogP) is 3.88. The molecule has 7 nitrogen and oxygen atoms in total. The molecule has 0 aliphatic rings. The molecule has 3 aromatic carbocycles. The van der Waals surface area contributed by atoms with Crippen molar-refractivity contribution in [3.8, 4) is 11.5 Å². The molecule has 1 atom stereocenters. The molecule has 0 bridgehead atoms. The number of carbonyl (C=O) groups is 1. The standard InChI is InChI=1S/C25H27FN2O5S/c1-18(33-24-14-10-22(11-15-24)28(2)34(3,30)31)25(29)27-16-19-6-12-23(13-7-19)32-17-20-4-8-21(26)9-5-20/h4-15,18H,16-17H2,1-3H3,(H,27,29). The van der Waals surface area contributed by atoms with Crippen molar-refractivity contribution in [1.29, 1.82) is 0 Å². The van der Waals surface area contributed by atoms with E-state index in [1.54, 1.807) is 55.5 Å². The van der Waals surface area contributed by atoms with Crippen LogP contribution >= 0.6 is 0 Å². The Morgan fingerprint density at radius 3 is 2.09 bits per heavy atom. The Kier molecular flexibility index (Phi) is 8.12. The summed E-state index contributed by atoms with van der Waals surface area (Å²) in [5.74, 6) is 0.552. The third kappa shape index (κ3) is 7.21. The number of ether oxygens (including phenoxy) is 2. The van der Waals surface area contributed by atoms with Crippen molar-refractivity contribution >= 4 is 21.6 Å². The fourth-order valence-corrected chi connectivity index (χ4v) is 3.47. The van der Waals surface area contributed by atoms with Gasteiger partial charge >= 0.3 is 0 Å². The largest absolute Gasteiger partial charge is 0.489 e. The monoisotopic (exact) mass is 486 g/mol. The number of anilines is 1. The first-order valence-corrected chi connectivity index (χ1v) is 12.4. The molecular formula is C25H27FN2O5S. The molecule has 1 amide bonds. The molecule has 0 spiro atoms. The third-order valence-electron chi connectivity index (χ3n) is 5.09. The van der Waals surface area contributed by atoms with Crippen LogP contribution in [-0.2, 0) is 28.0 Å². The van der Waals surface area contributed by atoms with E-state index in [2.05, 4.69) is 5.32 Å². The van der Waals surface area contributed by atoms with Gasteiger partial charge in [-0.2, -0.15) is 0 Å². The highest BCUT2D eigenvalue weighted by atomic mass is 32.2. The van der Waals surface area contributed by atoms with Gasteiger partial charge in [0.05, 0.1) is 11.9 Å². The summed E-state index contributed by atoms with van der Waals surface area (Å²) in [5.41, 5.74) is 2.25. The van der Waals surface area contributed by atoms with Crippen LogP contribution < -0.4 is 19.1 Å². The van der Waals surface area contributed by atoms with Crippen LogP contribution in [0.1, 0.15) is 18.1 Å². The van der Waals surface area contributed by atoms with Crippen molar-refractivity contribution in [3.05, 3.63) is 89.7 Å². The molecule has 1 N–H and O–H groups in total. The molecule has 0 heterocycles. The number of sulfonamides is 1. The minimum atomic E-state index is -3.35. The average Bonchev–Trinajstić information content (AvgIpc) is 2.82. The second-order valence-corrected chi connectivity index (χ2v) is 9.78. The van der Waals surface area contributed by atoms with Gasteiger partial charge in [0.2, 0.25) is 10.0 Å². The normalized spacial score (nSPS) is 12.0. The molecule has 0 saturated carbocycles. The van der Waals surface area contributed by atoms with Gasteiger partial charge in [0, 0.05) is 13.6 Å². The van der Waals surface area contributed by atoms with E-state index in [9.17, 15) is 17.6 Å². The van der Waals surface area contributed by atoms with Crippen LogP contribution in [0.5, 0.6) is 11.5 Å². The van der Waals surface area contributed by atoms with Crippen molar-refractivity contribution in [3.63, 3.8) is 0 Å². The van der Waals surface area contributed by atoms with Crippen LogP contribution in [0.15, 0.2) is 72.8 Å². The van der Waals surface area contributed by atoms with Gasteiger partial charge in [-0.25, -0.2) is 12.8 Å². The Labute approximate surface area is 199 Å². The quantitative estimate of drug-likeness (QED) is 0.470. The van der Waals surface area contributed by atoms with Crippen molar-refractivity contribution < 1.29 is 27.1 Å². The van der Waals surface area contributed by atoms with Gasteiger partial charge in [0.25, 0.3) is 5.91 Å². The molecule has 9 heteroatoms. The number of nitrogens with one attached hydrogen (secondary N) is 1. The minimum Gasteiger partial charge on any atom is -0.489 e. The van der Waals surface area contributed by atoms with Gasteiger partial charge in [0.1, 0.15) is 23.9 Å². The van der Waals surface area contributed by atoms with Gasteiger partial charge in [-0.3, -0.25) is 9.10 Å². The van der Waals surface area contributed by atoms with E-state index >= 15 is 0 Å². The van der Waals surface area contributed by atoms with Gasteiger partial charge in [0.15, 0.2) is 6.10 Å². The lowest BCUT2D eigenvalue weighted by Gasteiger charge is -2.18. The van der Waals surface area contributed by atoms with E-state index in [0.717, 1.165) is 21.7 Å². The van der Waals surface area contributed by atoms with E-state index in [-0.39, 0.29) is 11.7 Å². The smallest absolute Gasteiger partial charge is 0.261 e. The summed E-state index contributed by atoms with van der Waals surface area (Å²) in [6.45, 7) is 2.29. The summed E-state index contributed by atoms with van der Waals surface area (Å²) in [5, 5.41) is 2.82. The second kappa shape index (κ2) is 11.0. The number of hydrogen-bond donors (Lipinski definition) is 1. The molecule has 180 valence electrons. The molecule has 0 saturated heterocycles. The Hall–Kier alpha value is -3.59. The molecule has 34 heavy (non-hydrogen) atoms. The van der Waals surface area contributed by atoms with Crippen molar-refractivity contribution in [2.24, 2.45) is 0 Å². The van der Waals surface area contributed by atoms with Gasteiger partial charge in [-0.05, 0) is 66.6 Å². The first-order valence-electron chi connectivity index (χ1n) is 10.6. The Morgan fingerprint density at radius 2 is 1.50 bits per heavy atom. The lowest BCUT2D eigenvalue weighted by molar-refractivity contribution is -0.127. The predicted molar refractivity (Wildman–Crippen MR) is 129 cm³/mol. The molecular weight excluding hydrogens is 459 g/mol. The SMILES string of the molecule is CC(Oc1ccc(N(C)S(C)(=O)=O)cc1)C(=O)NCc1ccc(OCc2ccc(F)cc2)cc1. The van der Waals surface area contributed by atoms with E-state index in [1.165, 1.54) is 19.2 Å². The maximum absolute atomic E-state index is 13.0. The number of rotatable bonds is 10.